The first-order valence-corrected chi connectivity index (χ1v) is 10.7. The lowest BCUT2D eigenvalue weighted by atomic mass is 9.95. The Hall–Kier alpha value is -1.60. The van der Waals surface area contributed by atoms with Crippen LogP contribution in [0.5, 0.6) is 0 Å². The number of thioether (sulfide) groups is 1. The summed E-state index contributed by atoms with van der Waals surface area (Å²) in [6.45, 7) is 0. The Balaban J connectivity index is 1.58. The topological polar surface area (TPSA) is 48.5 Å². The third kappa shape index (κ3) is 3.82. The van der Waals surface area contributed by atoms with E-state index in [2.05, 4.69) is 41.8 Å². The second-order valence-corrected chi connectivity index (χ2v) is 8.53. The van der Waals surface area contributed by atoms with Gasteiger partial charge in [-0.1, -0.05) is 37.1 Å². The summed E-state index contributed by atoms with van der Waals surface area (Å²) < 4.78 is 4.49. The smallest absolute Gasteiger partial charge is 0.191 e. The zero-order chi connectivity index (χ0) is 17.1. The molecule has 1 saturated carbocycles. The molecule has 3 heterocycles. The van der Waals surface area contributed by atoms with Crippen LogP contribution in [0.25, 0.3) is 0 Å². The molecule has 0 N–H and O–H groups in total. The number of hydrogen-bond donors (Lipinski definition) is 0. The summed E-state index contributed by atoms with van der Waals surface area (Å²) in [7, 11) is 2.04. The van der Waals surface area contributed by atoms with Crippen molar-refractivity contribution in [3.05, 3.63) is 46.4 Å². The molecule has 0 spiro atoms. The molecule has 0 amide bonds. The Labute approximate surface area is 156 Å². The lowest BCUT2D eigenvalue weighted by Crippen LogP contribution is -2.16. The highest BCUT2D eigenvalue weighted by Gasteiger charge is 2.23. The van der Waals surface area contributed by atoms with Crippen molar-refractivity contribution in [3.63, 3.8) is 0 Å². The summed E-state index contributed by atoms with van der Waals surface area (Å²) in [5.41, 5.74) is 0. The fourth-order valence-electron chi connectivity index (χ4n) is 3.47. The van der Waals surface area contributed by atoms with E-state index in [-0.39, 0.29) is 0 Å². The van der Waals surface area contributed by atoms with E-state index in [0.29, 0.717) is 6.04 Å². The minimum atomic E-state index is 0.544. The maximum absolute atomic E-state index is 4.56. The van der Waals surface area contributed by atoms with Crippen molar-refractivity contribution in [1.29, 1.82) is 0 Å². The maximum Gasteiger partial charge on any atom is 0.191 e. The van der Waals surface area contributed by atoms with Crippen LogP contribution in [0.2, 0.25) is 0 Å². The van der Waals surface area contributed by atoms with Gasteiger partial charge in [0.1, 0.15) is 11.6 Å². The summed E-state index contributed by atoms with van der Waals surface area (Å²) in [5, 5.41) is 12.3. The largest absolute Gasteiger partial charge is 0.337 e. The predicted octanol–water partition coefficient (Wildman–Crippen LogP) is 4.46. The predicted molar refractivity (Wildman–Crippen MR) is 102 cm³/mol. The summed E-state index contributed by atoms with van der Waals surface area (Å²) in [4.78, 5) is 5.78. The molecule has 3 aromatic rings. The molecule has 0 saturated heterocycles. The fraction of sp³-hybridized carbons (Fsp3) is 0.500. The standard InChI is InChI=1S/C18H23N5S2/c1-22-10-9-19-17(22)13-25-18-21-20-16(12-15-8-5-11-24-15)23(18)14-6-3-2-4-7-14/h5,8-11,14H,2-4,6-7,12-13H2,1H3. The quantitative estimate of drug-likeness (QED) is 0.599. The zero-order valence-electron chi connectivity index (χ0n) is 14.5. The summed E-state index contributed by atoms with van der Waals surface area (Å²) in [6.07, 6.45) is 11.2. The van der Waals surface area contributed by atoms with E-state index in [1.54, 1.807) is 23.1 Å². The lowest BCUT2D eigenvalue weighted by molar-refractivity contribution is 0.330. The molecule has 1 aliphatic carbocycles. The average Bonchev–Trinajstić information content (AvgIpc) is 3.36. The van der Waals surface area contributed by atoms with Crippen LogP contribution in [0, 0.1) is 0 Å². The van der Waals surface area contributed by atoms with E-state index < -0.39 is 0 Å². The van der Waals surface area contributed by atoms with Crippen molar-refractivity contribution < 1.29 is 0 Å². The molecule has 5 nitrogen and oxygen atoms in total. The fourth-order valence-corrected chi connectivity index (χ4v) is 5.20. The van der Waals surface area contributed by atoms with Crippen LogP contribution in [0.4, 0.5) is 0 Å². The molecule has 1 fully saturated rings. The minimum Gasteiger partial charge on any atom is -0.337 e. The molecule has 132 valence electrons. The highest BCUT2D eigenvalue weighted by Crippen LogP contribution is 2.34. The molecule has 7 heteroatoms. The zero-order valence-corrected chi connectivity index (χ0v) is 16.1. The Morgan fingerprint density at radius 3 is 2.80 bits per heavy atom. The number of nitrogens with zero attached hydrogens (tertiary/aromatic N) is 5. The molecular weight excluding hydrogens is 350 g/mol. The monoisotopic (exact) mass is 373 g/mol. The summed E-state index contributed by atoms with van der Waals surface area (Å²) in [6, 6.07) is 4.84. The highest BCUT2D eigenvalue weighted by molar-refractivity contribution is 7.98. The van der Waals surface area contributed by atoms with E-state index in [0.717, 1.165) is 29.0 Å². The van der Waals surface area contributed by atoms with Gasteiger partial charge in [-0.3, -0.25) is 0 Å². The SMILES string of the molecule is Cn1ccnc1CSc1nnc(Cc2cccs2)n1C1CCCCC1. The van der Waals surface area contributed by atoms with Gasteiger partial charge in [0.25, 0.3) is 0 Å². The van der Waals surface area contributed by atoms with E-state index in [9.17, 15) is 0 Å². The number of thiophene rings is 1. The van der Waals surface area contributed by atoms with Crippen molar-refractivity contribution in [1.82, 2.24) is 24.3 Å². The van der Waals surface area contributed by atoms with Crippen LogP contribution in [0.3, 0.4) is 0 Å². The van der Waals surface area contributed by atoms with Gasteiger partial charge in [0, 0.05) is 36.8 Å². The van der Waals surface area contributed by atoms with Gasteiger partial charge in [-0.05, 0) is 24.3 Å². The van der Waals surface area contributed by atoms with Crippen LogP contribution < -0.4 is 0 Å². The van der Waals surface area contributed by atoms with Crippen molar-refractivity contribution >= 4 is 23.1 Å². The molecule has 0 unspecified atom stereocenters. The Morgan fingerprint density at radius 1 is 1.20 bits per heavy atom. The van der Waals surface area contributed by atoms with Crippen LogP contribution in [0.1, 0.15) is 54.7 Å². The van der Waals surface area contributed by atoms with Gasteiger partial charge < -0.3 is 9.13 Å². The van der Waals surface area contributed by atoms with Gasteiger partial charge in [-0.15, -0.1) is 21.5 Å². The molecule has 0 aliphatic heterocycles. The van der Waals surface area contributed by atoms with E-state index >= 15 is 0 Å². The number of hydrogen-bond acceptors (Lipinski definition) is 5. The second kappa shape index (κ2) is 7.74. The molecule has 25 heavy (non-hydrogen) atoms. The molecule has 0 bridgehead atoms. The molecule has 3 aromatic heterocycles. The first-order chi connectivity index (χ1) is 12.3. The van der Waals surface area contributed by atoms with Crippen molar-refractivity contribution in [2.75, 3.05) is 0 Å². The average molecular weight is 374 g/mol. The molecule has 4 rings (SSSR count). The van der Waals surface area contributed by atoms with Gasteiger partial charge in [-0.25, -0.2) is 4.98 Å². The van der Waals surface area contributed by atoms with Gasteiger partial charge in [0.05, 0.1) is 5.75 Å². The Kier molecular flexibility index (Phi) is 5.22. The van der Waals surface area contributed by atoms with Crippen molar-refractivity contribution in [2.45, 2.75) is 55.5 Å². The number of aromatic nitrogens is 5. The highest BCUT2D eigenvalue weighted by atomic mass is 32.2. The van der Waals surface area contributed by atoms with Crippen LogP contribution in [-0.4, -0.2) is 24.3 Å². The molecule has 1 aliphatic rings. The minimum absolute atomic E-state index is 0.544. The van der Waals surface area contributed by atoms with Crippen LogP contribution in [-0.2, 0) is 19.2 Å². The third-order valence-electron chi connectivity index (χ3n) is 4.84. The number of aryl methyl sites for hydroxylation is 1. The number of rotatable bonds is 6. The lowest BCUT2D eigenvalue weighted by Gasteiger charge is -2.25. The molecular formula is C18H23N5S2. The van der Waals surface area contributed by atoms with E-state index in [4.69, 9.17) is 0 Å². The van der Waals surface area contributed by atoms with E-state index in [1.165, 1.54) is 37.0 Å². The molecule has 0 atom stereocenters. The van der Waals surface area contributed by atoms with Gasteiger partial charge >= 0.3 is 0 Å². The summed E-state index contributed by atoms with van der Waals surface area (Å²) >= 11 is 3.55. The second-order valence-electron chi connectivity index (χ2n) is 6.56. The molecule has 0 aromatic carbocycles. The first kappa shape index (κ1) is 16.8. The van der Waals surface area contributed by atoms with Gasteiger partial charge in [0.2, 0.25) is 0 Å². The van der Waals surface area contributed by atoms with Crippen LogP contribution in [0.15, 0.2) is 35.1 Å². The van der Waals surface area contributed by atoms with Gasteiger partial charge in [0.15, 0.2) is 5.16 Å². The Morgan fingerprint density at radius 2 is 2.08 bits per heavy atom. The van der Waals surface area contributed by atoms with Crippen molar-refractivity contribution in [2.24, 2.45) is 7.05 Å². The summed E-state index contributed by atoms with van der Waals surface area (Å²) in [5.74, 6) is 3.01. The normalized spacial score (nSPS) is 15.7. The number of imidazole rings is 1. The van der Waals surface area contributed by atoms with Crippen LogP contribution >= 0.6 is 23.1 Å². The Bertz CT molecular complexity index is 799. The third-order valence-corrected chi connectivity index (χ3v) is 6.65. The molecule has 0 radical (unpaired) electrons. The maximum atomic E-state index is 4.56. The van der Waals surface area contributed by atoms with E-state index in [1.807, 2.05) is 19.4 Å². The van der Waals surface area contributed by atoms with Gasteiger partial charge in [-0.2, -0.15) is 0 Å². The van der Waals surface area contributed by atoms with Crippen molar-refractivity contribution in [3.8, 4) is 0 Å². The first-order valence-electron chi connectivity index (χ1n) is 8.86.